The summed E-state index contributed by atoms with van der Waals surface area (Å²) >= 11 is 3.32. The minimum Gasteiger partial charge on any atom is -0.244 e. The molecule has 0 spiro atoms. The second-order valence-electron chi connectivity index (χ2n) is 1.81. The van der Waals surface area contributed by atoms with E-state index in [2.05, 4.69) is 32.5 Å². The number of rotatable bonds is 2. The van der Waals surface area contributed by atoms with Crippen LogP contribution >= 0.6 is 15.9 Å². The number of nitrogens with zero attached hydrogens (tertiary/aromatic N) is 2. The van der Waals surface area contributed by atoms with E-state index in [4.69, 9.17) is 0 Å². The van der Waals surface area contributed by atoms with Gasteiger partial charge in [-0.15, -0.1) is 6.58 Å². The molecule has 0 aliphatic carbocycles. The van der Waals surface area contributed by atoms with Crippen LogP contribution in [0.25, 0.3) is 0 Å². The molecule has 1 rings (SSSR count). The highest BCUT2D eigenvalue weighted by Crippen LogP contribution is 2.11. The lowest BCUT2D eigenvalue weighted by atomic mass is 10.3. The first-order chi connectivity index (χ1) is 4.84. The van der Waals surface area contributed by atoms with Crippen molar-refractivity contribution in [3.8, 4) is 0 Å². The van der Waals surface area contributed by atoms with E-state index in [1.54, 1.807) is 6.20 Å². The fourth-order valence-corrected chi connectivity index (χ4v) is 1.01. The summed E-state index contributed by atoms with van der Waals surface area (Å²) in [5.74, 6) is 0. The van der Waals surface area contributed by atoms with Gasteiger partial charge in [0, 0.05) is 12.6 Å². The molecule has 0 fully saturated rings. The first kappa shape index (κ1) is 7.41. The molecule has 3 heteroatoms. The maximum atomic E-state index is 4.04. The van der Waals surface area contributed by atoms with E-state index in [9.17, 15) is 0 Å². The van der Waals surface area contributed by atoms with Crippen LogP contribution in [0.3, 0.4) is 0 Å². The van der Waals surface area contributed by atoms with E-state index in [-0.39, 0.29) is 0 Å². The van der Waals surface area contributed by atoms with Crippen molar-refractivity contribution in [3.05, 3.63) is 35.3 Å². The summed E-state index contributed by atoms with van der Waals surface area (Å²) in [6.45, 7) is 3.62. The quantitative estimate of drug-likeness (QED) is 0.680. The average molecular weight is 199 g/mol. The van der Waals surface area contributed by atoms with Crippen molar-refractivity contribution in [3.63, 3.8) is 0 Å². The third kappa shape index (κ3) is 1.64. The van der Waals surface area contributed by atoms with Crippen LogP contribution < -0.4 is 0 Å². The molecule has 1 aromatic rings. The van der Waals surface area contributed by atoms with Gasteiger partial charge in [0.25, 0.3) is 0 Å². The van der Waals surface area contributed by atoms with Gasteiger partial charge in [0.05, 0.1) is 10.2 Å². The van der Waals surface area contributed by atoms with E-state index >= 15 is 0 Å². The monoisotopic (exact) mass is 198 g/mol. The van der Waals surface area contributed by atoms with Gasteiger partial charge in [-0.3, -0.25) is 0 Å². The Labute approximate surface area is 68.1 Å². The second-order valence-corrected chi connectivity index (χ2v) is 2.66. The van der Waals surface area contributed by atoms with Crippen LogP contribution in [0.1, 0.15) is 5.69 Å². The predicted molar refractivity (Wildman–Crippen MR) is 43.6 cm³/mol. The first-order valence-electron chi connectivity index (χ1n) is 2.90. The molecule has 2 nitrogen and oxygen atoms in total. The molecule has 0 atom stereocenters. The molecule has 0 N–H and O–H groups in total. The lowest BCUT2D eigenvalue weighted by Crippen LogP contribution is -1.88. The van der Waals surface area contributed by atoms with Gasteiger partial charge < -0.3 is 0 Å². The fourth-order valence-electron chi connectivity index (χ4n) is 0.625. The Morgan fingerprint density at radius 3 is 3.10 bits per heavy atom. The average Bonchev–Trinajstić information content (AvgIpc) is 1.94. The van der Waals surface area contributed by atoms with Crippen molar-refractivity contribution in [2.45, 2.75) is 6.42 Å². The summed E-state index contributed by atoms with van der Waals surface area (Å²) in [5, 5.41) is 0. The van der Waals surface area contributed by atoms with Crippen LogP contribution in [-0.4, -0.2) is 9.97 Å². The Kier molecular flexibility index (Phi) is 2.57. The molecule has 0 bridgehead atoms. The minimum atomic E-state index is 0.781. The number of hydrogen-bond donors (Lipinski definition) is 0. The molecule has 0 saturated heterocycles. The molecule has 52 valence electrons. The van der Waals surface area contributed by atoms with Gasteiger partial charge in [-0.2, -0.15) is 0 Å². The zero-order valence-corrected chi connectivity index (χ0v) is 7.00. The first-order valence-corrected chi connectivity index (χ1v) is 3.69. The second kappa shape index (κ2) is 3.46. The smallest absolute Gasteiger partial charge is 0.115 e. The lowest BCUT2D eigenvalue weighted by Gasteiger charge is -1.95. The van der Waals surface area contributed by atoms with Gasteiger partial charge in [0.1, 0.15) is 6.33 Å². The normalized spacial score (nSPS) is 9.30. The van der Waals surface area contributed by atoms with Gasteiger partial charge >= 0.3 is 0 Å². The lowest BCUT2D eigenvalue weighted by molar-refractivity contribution is 1.03. The maximum absolute atomic E-state index is 4.04. The molecular formula is C7H7BrN2. The number of allylic oxidation sites excluding steroid dienone is 1. The third-order valence-electron chi connectivity index (χ3n) is 1.08. The molecule has 0 aliphatic heterocycles. The molecule has 0 amide bonds. The van der Waals surface area contributed by atoms with Crippen molar-refractivity contribution >= 4 is 15.9 Å². The summed E-state index contributed by atoms with van der Waals surface area (Å²) in [6.07, 6.45) is 5.85. The number of aromatic nitrogens is 2. The largest absolute Gasteiger partial charge is 0.244 e. The van der Waals surface area contributed by atoms with Crippen LogP contribution in [0, 0.1) is 0 Å². The molecule has 0 aliphatic rings. The molecule has 0 saturated carbocycles. The van der Waals surface area contributed by atoms with Gasteiger partial charge in [-0.05, 0) is 15.9 Å². The molecule has 0 aromatic carbocycles. The van der Waals surface area contributed by atoms with E-state index in [0.29, 0.717) is 0 Å². The Morgan fingerprint density at radius 2 is 2.50 bits per heavy atom. The molecule has 0 unspecified atom stereocenters. The summed E-state index contributed by atoms with van der Waals surface area (Å²) in [7, 11) is 0. The minimum absolute atomic E-state index is 0.781. The Balaban J connectivity index is 2.91. The van der Waals surface area contributed by atoms with E-state index in [1.165, 1.54) is 6.33 Å². The van der Waals surface area contributed by atoms with E-state index in [0.717, 1.165) is 16.6 Å². The van der Waals surface area contributed by atoms with Gasteiger partial charge in [0.15, 0.2) is 0 Å². The summed E-state index contributed by atoms with van der Waals surface area (Å²) in [5.41, 5.74) is 0.977. The van der Waals surface area contributed by atoms with Crippen molar-refractivity contribution in [2.24, 2.45) is 0 Å². The highest BCUT2D eigenvalue weighted by atomic mass is 79.9. The molecule has 0 radical (unpaired) electrons. The Morgan fingerprint density at radius 1 is 1.70 bits per heavy atom. The van der Waals surface area contributed by atoms with Crippen molar-refractivity contribution < 1.29 is 0 Å². The summed E-state index contributed by atoms with van der Waals surface area (Å²) < 4.78 is 0.940. The van der Waals surface area contributed by atoms with Crippen molar-refractivity contribution in [1.29, 1.82) is 0 Å². The maximum Gasteiger partial charge on any atom is 0.115 e. The molecule has 1 aromatic heterocycles. The predicted octanol–water partition coefficient (Wildman–Crippen LogP) is 1.97. The van der Waals surface area contributed by atoms with Crippen LogP contribution in [0.2, 0.25) is 0 Å². The number of halogens is 1. The van der Waals surface area contributed by atoms with E-state index in [1.807, 2.05) is 6.08 Å². The van der Waals surface area contributed by atoms with Crippen LogP contribution in [-0.2, 0) is 6.42 Å². The third-order valence-corrected chi connectivity index (χ3v) is 1.74. The van der Waals surface area contributed by atoms with Crippen molar-refractivity contribution in [2.75, 3.05) is 0 Å². The molecule has 1 heterocycles. The zero-order valence-electron chi connectivity index (χ0n) is 5.42. The fraction of sp³-hybridized carbons (Fsp3) is 0.143. The number of hydrogen-bond acceptors (Lipinski definition) is 2. The Hall–Kier alpha value is -0.700. The topological polar surface area (TPSA) is 25.8 Å². The molecular weight excluding hydrogens is 192 g/mol. The Bertz CT molecular complexity index is 235. The van der Waals surface area contributed by atoms with Crippen LogP contribution in [0.5, 0.6) is 0 Å². The van der Waals surface area contributed by atoms with Crippen molar-refractivity contribution in [1.82, 2.24) is 9.97 Å². The summed E-state index contributed by atoms with van der Waals surface area (Å²) in [6, 6.07) is 0. The summed E-state index contributed by atoms with van der Waals surface area (Å²) in [4.78, 5) is 7.87. The van der Waals surface area contributed by atoms with Crippen LogP contribution in [0.4, 0.5) is 0 Å². The zero-order chi connectivity index (χ0) is 7.40. The van der Waals surface area contributed by atoms with Gasteiger partial charge in [-0.1, -0.05) is 6.08 Å². The van der Waals surface area contributed by atoms with Gasteiger partial charge in [-0.25, -0.2) is 9.97 Å². The molecule has 10 heavy (non-hydrogen) atoms. The highest BCUT2D eigenvalue weighted by Gasteiger charge is 1.95. The standard InChI is InChI=1S/C7H7BrN2/c1-2-3-7-6(8)4-9-5-10-7/h2,4-5H,1,3H2. The highest BCUT2D eigenvalue weighted by molar-refractivity contribution is 9.10. The van der Waals surface area contributed by atoms with E-state index < -0.39 is 0 Å². The van der Waals surface area contributed by atoms with Gasteiger partial charge in [0.2, 0.25) is 0 Å². The SMILES string of the molecule is C=CCc1ncncc1Br. The van der Waals surface area contributed by atoms with Crippen LogP contribution in [0.15, 0.2) is 29.7 Å².